The highest BCUT2D eigenvalue weighted by molar-refractivity contribution is 5.32. The van der Waals surface area contributed by atoms with E-state index in [1.165, 1.54) is 12.1 Å². The Morgan fingerprint density at radius 2 is 2.13 bits per heavy atom. The fourth-order valence-electron chi connectivity index (χ4n) is 1.36. The van der Waals surface area contributed by atoms with Gasteiger partial charge in [-0.1, -0.05) is 6.92 Å². The summed E-state index contributed by atoms with van der Waals surface area (Å²) in [5.41, 5.74) is 0.741. The first-order valence-electron chi connectivity index (χ1n) is 5.15. The first kappa shape index (κ1) is 12.0. The normalized spacial score (nSPS) is 14.7. The second-order valence-corrected chi connectivity index (χ2v) is 3.71. The Hall–Kier alpha value is -1.09. The summed E-state index contributed by atoms with van der Waals surface area (Å²) in [6.45, 7) is 5.47. The average molecular weight is 212 g/mol. The third-order valence-corrected chi connectivity index (χ3v) is 2.41. The lowest BCUT2D eigenvalue weighted by molar-refractivity contribution is 0.0447. The maximum Gasteiger partial charge on any atom is 0.123 e. The summed E-state index contributed by atoms with van der Waals surface area (Å²) in [6.07, 6.45) is -0.130. The van der Waals surface area contributed by atoms with Gasteiger partial charge in [-0.3, -0.25) is 0 Å². The lowest BCUT2D eigenvalue weighted by atomic mass is 10.1. The van der Waals surface area contributed by atoms with Crippen molar-refractivity contribution >= 4 is 0 Å². The Balaban J connectivity index is 2.72. The van der Waals surface area contributed by atoms with Gasteiger partial charge in [-0.05, 0) is 44.0 Å². The maximum atomic E-state index is 12.8. The Bertz CT molecular complexity index is 325. The summed E-state index contributed by atoms with van der Waals surface area (Å²) in [4.78, 5) is 0. The summed E-state index contributed by atoms with van der Waals surface area (Å²) in [5.74, 6) is 0.347. The van der Waals surface area contributed by atoms with Gasteiger partial charge >= 0.3 is 0 Å². The van der Waals surface area contributed by atoms with Crippen LogP contribution in [0.4, 0.5) is 4.39 Å². The predicted octanol–water partition coefficient (Wildman–Crippen LogP) is 2.67. The van der Waals surface area contributed by atoms with Gasteiger partial charge < -0.3 is 9.84 Å². The van der Waals surface area contributed by atoms with Gasteiger partial charge in [0.05, 0.1) is 6.10 Å². The number of hydrogen-bond donors (Lipinski definition) is 1. The highest BCUT2D eigenvalue weighted by Crippen LogP contribution is 2.20. The number of hydrogen-bond acceptors (Lipinski definition) is 2. The molecule has 3 heteroatoms. The molecule has 15 heavy (non-hydrogen) atoms. The van der Waals surface area contributed by atoms with Crippen molar-refractivity contribution in [2.45, 2.75) is 39.4 Å². The first-order chi connectivity index (χ1) is 7.04. The van der Waals surface area contributed by atoms with Crippen LogP contribution in [0.25, 0.3) is 0 Å². The Morgan fingerprint density at radius 3 is 2.67 bits per heavy atom. The van der Waals surface area contributed by atoms with Crippen LogP contribution in [0.15, 0.2) is 18.2 Å². The SMILES string of the molecule is CCC(O)C(C)Oc1ccc(F)cc1C. The average Bonchev–Trinajstić information content (AvgIpc) is 2.20. The molecule has 2 nitrogen and oxygen atoms in total. The molecule has 1 rings (SSSR count). The summed E-state index contributed by atoms with van der Waals surface area (Å²) in [6, 6.07) is 4.36. The highest BCUT2D eigenvalue weighted by Gasteiger charge is 2.14. The van der Waals surface area contributed by atoms with Gasteiger partial charge in [0, 0.05) is 0 Å². The van der Waals surface area contributed by atoms with Crippen molar-refractivity contribution in [3.63, 3.8) is 0 Å². The quantitative estimate of drug-likeness (QED) is 0.831. The minimum absolute atomic E-state index is 0.274. The highest BCUT2D eigenvalue weighted by atomic mass is 19.1. The molecule has 2 atom stereocenters. The fraction of sp³-hybridized carbons (Fsp3) is 0.500. The molecule has 2 unspecified atom stereocenters. The van der Waals surface area contributed by atoms with Gasteiger partial charge in [-0.25, -0.2) is 4.39 Å². The van der Waals surface area contributed by atoms with Crippen molar-refractivity contribution in [3.8, 4) is 5.75 Å². The van der Waals surface area contributed by atoms with Crippen LogP contribution < -0.4 is 4.74 Å². The van der Waals surface area contributed by atoms with E-state index >= 15 is 0 Å². The van der Waals surface area contributed by atoms with Crippen LogP contribution in [-0.2, 0) is 0 Å². The van der Waals surface area contributed by atoms with Crippen molar-refractivity contribution in [1.29, 1.82) is 0 Å². The molecule has 0 radical (unpaired) electrons. The number of halogens is 1. The van der Waals surface area contributed by atoms with Crippen LogP contribution in [0.5, 0.6) is 5.75 Å². The maximum absolute atomic E-state index is 12.8. The monoisotopic (exact) mass is 212 g/mol. The molecule has 0 spiro atoms. The van der Waals surface area contributed by atoms with Gasteiger partial charge in [-0.15, -0.1) is 0 Å². The molecule has 0 bridgehead atoms. The van der Waals surface area contributed by atoms with E-state index in [1.54, 1.807) is 19.9 Å². The Morgan fingerprint density at radius 1 is 1.47 bits per heavy atom. The van der Waals surface area contributed by atoms with Crippen molar-refractivity contribution in [3.05, 3.63) is 29.6 Å². The molecule has 1 aromatic rings. The third-order valence-electron chi connectivity index (χ3n) is 2.41. The van der Waals surface area contributed by atoms with Crippen LogP contribution in [0.3, 0.4) is 0 Å². The van der Waals surface area contributed by atoms with E-state index in [0.29, 0.717) is 12.2 Å². The standard InChI is InChI=1S/C12H17FO2/c1-4-11(14)9(3)15-12-6-5-10(13)7-8(12)2/h5-7,9,11,14H,4H2,1-3H3. The van der Waals surface area contributed by atoms with E-state index in [9.17, 15) is 9.50 Å². The molecule has 0 aliphatic rings. The van der Waals surface area contributed by atoms with Crippen LogP contribution in [0.2, 0.25) is 0 Å². The molecule has 0 heterocycles. The van der Waals surface area contributed by atoms with Gasteiger partial charge in [0.2, 0.25) is 0 Å². The van der Waals surface area contributed by atoms with Crippen molar-refractivity contribution < 1.29 is 14.2 Å². The second kappa shape index (κ2) is 5.12. The number of aryl methyl sites for hydroxylation is 1. The summed E-state index contributed by atoms with van der Waals surface area (Å²) < 4.78 is 18.3. The molecule has 0 saturated carbocycles. The zero-order valence-electron chi connectivity index (χ0n) is 9.33. The molecular weight excluding hydrogens is 195 g/mol. The predicted molar refractivity (Wildman–Crippen MR) is 57.5 cm³/mol. The molecule has 0 aliphatic carbocycles. The number of rotatable bonds is 4. The lowest BCUT2D eigenvalue weighted by Crippen LogP contribution is -2.28. The van der Waals surface area contributed by atoms with Crippen molar-refractivity contribution in [2.24, 2.45) is 0 Å². The molecule has 0 amide bonds. The van der Waals surface area contributed by atoms with Gasteiger partial charge in [0.15, 0.2) is 0 Å². The van der Waals surface area contributed by atoms with Gasteiger partial charge in [0.25, 0.3) is 0 Å². The van der Waals surface area contributed by atoms with E-state index in [4.69, 9.17) is 4.74 Å². The molecule has 1 aromatic carbocycles. The Kier molecular flexibility index (Phi) is 4.09. The third kappa shape index (κ3) is 3.20. The zero-order chi connectivity index (χ0) is 11.4. The largest absolute Gasteiger partial charge is 0.488 e. The Labute approximate surface area is 89.7 Å². The van der Waals surface area contributed by atoms with Crippen LogP contribution in [0.1, 0.15) is 25.8 Å². The molecule has 1 N–H and O–H groups in total. The van der Waals surface area contributed by atoms with Crippen molar-refractivity contribution in [1.82, 2.24) is 0 Å². The first-order valence-corrected chi connectivity index (χ1v) is 5.15. The zero-order valence-corrected chi connectivity index (χ0v) is 9.33. The smallest absolute Gasteiger partial charge is 0.123 e. The molecule has 84 valence electrons. The minimum atomic E-state index is -0.491. The van der Waals surface area contributed by atoms with Crippen LogP contribution in [-0.4, -0.2) is 17.3 Å². The molecular formula is C12H17FO2. The fourth-order valence-corrected chi connectivity index (χ4v) is 1.36. The molecule has 0 aliphatic heterocycles. The lowest BCUT2D eigenvalue weighted by Gasteiger charge is -2.20. The molecule has 0 saturated heterocycles. The van der Waals surface area contributed by atoms with E-state index < -0.39 is 6.10 Å². The molecule has 0 fully saturated rings. The molecule has 0 aromatic heterocycles. The minimum Gasteiger partial charge on any atom is -0.488 e. The van der Waals surface area contributed by atoms with E-state index in [1.807, 2.05) is 6.92 Å². The van der Waals surface area contributed by atoms with Gasteiger partial charge in [-0.2, -0.15) is 0 Å². The number of aliphatic hydroxyl groups is 1. The second-order valence-electron chi connectivity index (χ2n) is 3.71. The summed E-state index contributed by atoms with van der Waals surface area (Å²) >= 11 is 0. The van der Waals surface area contributed by atoms with E-state index in [0.717, 1.165) is 5.56 Å². The number of aliphatic hydroxyl groups excluding tert-OH is 1. The summed E-state index contributed by atoms with van der Waals surface area (Å²) in [7, 11) is 0. The van der Waals surface area contributed by atoms with Crippen LogP contribution >= 0.6 is 0 Å². The van der Waals surface area contributed by atoms with Gasteiger partial charge in [0.1, 0.15) is 17.7 Å². The van der Waals surface area contributed by atoms with Crippen molar-refractivity contribution in [2.75, 3.05) is 0 Å². The topological polar surface area (TPSA) is 29.5 Å². The number of ether oxygens (including phenoxy) is 1. The number of benzene rings is 1. The van der Waals surface area contributed by atoms with E-state index in [2.05, 4.69) is 0 Å². The van der Waals surface area contributed by atoms with E-state index in [-0.39, 0.29) is 11.9 Å². The summed E-state index contributed by atoms with van der Waals surface area (Å²) in [5, 5.41) is 9.53. The van der Waals surface area contributed by atoms with Crippen LogP contribution in [0, 0.1) is 12.7 Å².